The highest BCUT2D eigenvalue weighted by Gasteiger charge is 2.24. The maximum atomic E-state index is 12.2. The van der Waals surface area contributed by atoms with Crippen LogP contribution in [0.25, 0.3) is 0 Å². The molecule has 0 radical (unpaired) electrons. The zero-order valence-electron chi connectivity index (χ0n) is 28.9. The van der Waals surface area contributed by atoms with Gasteiger partial charge in [0.1, 0.15) is 13.2 Å². The van der Waals surface area contributed by atoms with E-state index in [1.165, 1.54) is 109 Å². The highest BCUT2D eigenvalue weighted by atomic mass is 31.2. The molecule has 43 heavy (non-hydrogen) atoms. The lowest BCUT2D eigenvalue weighted by atomic mass is 10.0. The summed E-state index contributed by atoms with van der Waals surface area (Å²) in [6, 6.07) is -0.788. The number of aliphatic hydroxyl groups is 1. The lowest BCUT2D eigenvalue weighted by molar-refractivity contribution is -0.870. The van der Waals surface area contributed by atoms with Crippen LogP contribution in [0.2, 0.25) is 0 Å². The Hall–Kier alpha value is -0.500. The average molecular weight is 635 g/mol. The second-order valence-corrected chi connectivity index (χ2v) is 15.0. The molecule has 0 saturated heterocycles. The van der Waals surface area contributed by atoms with Gasteiger partial charge in [-0.25, -0.2) is 0 Å². The van der Waals surface area contributed by atoms with E-state index in [-0.39, 0.29) is 19.1 Å². The molecule has 0 aliphatic heterocycles. The number of hydrogen-bond acceptors (Lipinski definition) is 6. The van der Waals surface area contributed by atoms with Gasteiger partial charge >= 0.3 is 0 Å². The van der Waals surface area contributed by atoms with Gasteiger partial charge in [0.05, 0.1) is 39.9 Å². The van der Waals surface area contributed by atoms with Gasteiger partial charge in [-0.05, 0) is 12.8 Å². The monoisotopic (exact) mass is 635 g/mol. The van der Waals surface area contributed by atoms with Crippen LogP contribution in [0.3, 0.4) is 0 Å². The fourth-order valence-corrected chi connectivity index (χ4v) is 5.92. The van der Waals surface area contributed by atoms with Crippen LogP contribution in [0.5, 0.6) is 0 Å². The van der Waals surface area contributed by atoms with E-state index in [0.29, 0.717) is 30.3 Å². The van der Waals surface area contributed by atoms with Crippen LogP contribution in [0.1, 0.15) is 162 Å². The number of likely N-dealkylation sites (N-methyl/N-ethyl adjacent to an activating group) is 1. The molecule has 0 aliphatic rings. The van der Waals surface area contributed by atoms with Gasteiger partial charge in [-0.1, -0.05) is 142 Å². The van der Waals surface area contributed by atoms with Gasteiger partial charge in [0, 0.05) is 6.42 Å². The summed E-state index contributed by atoms with van der Waals surface area (Å²) in [7, 11) is 1.30. The van der Waals surface area contributed by atoms with E-state index in [0.717, 1.165) is 19.3 Å². The minimum Gasteiger partial charge on any atom is -0.756 e. The van der Waals surface area contributed by atoms with Crippen LogP contribution < -0.4 is 10.2 Å². The first kappa shape index (κ1) is 42.5. The number of rotatable bonds is 32. The Morgan fingerprint density at radius 3 is 1.53 bits per heavy atom. The standard InChI is InChI=1S/C34H71N2O6P/c1-6-8-9-10-11-12-13-14-15-16-17-18-19-20-21-22-23-24-25-26-28-33(37)32(35-34(38)27-7-2)31-42-43(39,40)41-30-29-36(3,4)5/h32-33,37H,6-31H2,1-5H3,(H-,35,38,39,40). The normalized spacial score (nSPS) is 14.9. The first-order valence-electron chi connectivity index (χ1n) is 17.9. The third kappa shape index (κ3) is 29.9. The number of nitrogens with one attached hydrogen (secondary N) is 1. The Balaban J connectivity index is 3.93. The second-order valence-electron chi connectivity index (χ2n) is 13.6. The molecule has 0 fully saturated rings. The molecule has 3 unspecified atom stereocenters. The average Bonchev–Trinajstić information content (AvgIpc) is 2.93. The number of phosphoric ester groups is 1. The molecule has 2 N–H and O–H groups in total. The van der Waals surface area contributed by atoms with Crippen LogP contribution in [0.15, 0.2) is 0 Å². The number of aliphatic hydroxyl groups excluding tert-OH is 1. The summed E-state index contributed by atoms with van der Waals surface area (Å²) < 4.78 is 22.8. The van der Waals surface area contributed by atoms with Gasteiger partial charge in [0.15, 0.2) is 0 Å². The van der Waals surface area contributed by atoms with Gasteiger partial charge in [-0.3, -0.25) is 9.36 Å². The van der Waals surface area contributed by atoms with Crippen molar-refractivity contribution in [3.8, 4) is 0 Å². The first-order valence-corrected chi connectivity index (χ1v) is 19.3. The van der Waals surface area contributed by atoms with Gasteiger partial charge in [-0.2, -0.15) is 0 Å². The van der Waals surface area contributed by atoms with E-state index in [1.807, 2.05) is 28.1 Å². The molecular weight excluding hydrogens is 563 g/mol. The van der Waals surface area contributed by atoms with Crippen LogP contribution in [-0.2, 0) is 18.4 Å². The number of amides is 1. The number of unbranched alkanes of at least 4 members (excludes halogenated alkanes) is 19. The van der Waals surface area contributed by atoms with E-state index in [1.54, 1.807) is 0 Å². The van der Waals surface area contributed by atoms with Crippen molar-refractivity contribution in [2.75, 3.05) is 40.9 Å². The maximum absolute atomic E-state index is 12.2. The molecule has 0 spiro atoms. The summed E-state index contributed by atoms with van der Waals surface area (Å²) in [6.07, 6.45) is 26.9. The molecule has 0 aromatic rings. The van der Waals surface area contributed by atoms with Gasteiger partial charge in [0.2, 0.25) is 5.91 Å². The predicted octanol–water partition coefficient (Wildman–Crippen LogP) is 8.05. The Bertz CT molecular complexity index is 688. The van der Waals surface area contributed by atoms with Crippen LogP contribution in [-0.4, -0.2) is 68.5 Å². The van der Waals surface area contributed by atoms with Crippen molar-refractivity contribution in [2.24, 2.45) is 0 Å². The zero-order valence-corrected chi connectivity index (χ0v) is 29.8. The third-order valence-corrected chi connectivity index (χ3v) is 9.03. The Morgan fingerprint density at radius 1 is 0.721 bits per heavy atom. The smallest absolute Gasteiger partial charge is 0.268 e. The van der Waals surface area contributed by atoms with Gasteiger partial charge < -0.3 is 28.8 Å². The van der Waals surface area contributed by atoms with E-state index in [9.17, 15) is 19.4 Å². The molecule has 3 atom stereocenters. The van der Waals surface area contributed by atoms with Gasteiger partial charge in [0.25, 0.3) is 7.82 Å². The van der Waals surface area contributed by atoms with Crippen LogP contribution in [0.4, 0.5) is 0 Å². The summed E-state index contributed by atoms with van der Waals surface area (Å²) in [4.78, 5) is 24.4. The number of carbonyl (C=O) groups is 1. The van der Waals surface area contributed by atoms with E-state index in [4.69, 9.17) is 9.05 Å². The highest BCUT2D eigenvalue weighted by molar-refractivity contribution is 7.45. The summed E-state index contributed by atoms with van der Waals surface area (Å²) in [6.45, 7) is 4.36. The Kier molecular flexibility index (Phi) is 27.5. The summed E-state index contributed by atoms with van der Waals surface area (Å²) in [5.41, 5.74) is 0. The summed E-state index contributed by atoms with van der Waals surface area (Å²) in [5.74, 6) is -0.217. The SMILES string of the molecule is CCCCCCCCCCCCCCCCCCCCCCC(O)C(COP(=O)([O-])OCC[N+](C)(C)C)NC(=O)CCC. The zero-order chi connectivity index (χ0) is 32.2. The largest absolute Gasteiger partial charge is 0.756 e. The lowest BCUT2D eigenvalue weighted by Crippen LogP contribution is -2.46. The molecule has 9 heteroatoms. The van der Waals surface area contributed by atoms with Crippen molar-refractivity contribution in [3.63, 3.8) is 0 Å². The van der Waals surface area contributed by atoms with Crippen molar-refractivity contribution in [3.05, 3.63) is 0 Å². The molecule has 0 aromatic heterocycles. The van der Waals surface area contributed by atoms with Crippen LogP contribution >= 0.6 is 7.82 Å². The first-order chi connectivity index (χ1) is 20.5. The van der Waals surface area contributed by atoms with E-state index < -0.39 is 20.0 Å². The van der Waals surface area contributed by atoms with E-state index >= 15 is 0 Å². The fourth-order valence-electron chi connectivity index (χ4n) is 5.20. The van der Waals surface area contributed by atoms with Crippen LogP contribution in [0, 0.1) is 0 Å². The molecule has 0 aliphatic carbocycles. The van der Waals surface area contributed by atoms with Crippen molar-refractivity contribution in [2.45, 2.75) is 174 Å². The molecule has 0 rings (SSSR count). The molecule has 8 nitrogen and oxygen atoms in total. The lowest BCUT2D eigenvalue weighted by Gasteiger charge is -2.30. The second kappa shape index (κ2) is 27.8. The Morgan fingerprint density at radius 2 is 1.14 bits per heavy atom. The third-order valence-electron chi connectivity index (χ3n) is 8.07. The number of quaternary nitrogens is 1. The Labute approximate surface area is 266 Å². The quantitative estimate of drug-likeness (QED) is 0.0440. The maximum Gasteiger partial charge on any atom is 0.268 e. The summed E-state index contributed by atoms with van der Waals surface area (Å²) >= 11 is 0. The number of carbonyl (C=O) groups excluding carboxylic acids is 1. The van der Waals surface area contributed by atoms with Gasteiger partial charge in [-0.15, -0.1) is 0 Å². The number of hydrogen-bond donors (Lipinski definition) is 2. The van der Waals surface area contributed by atoms with Crippen molar-refractivity contribution in [1.29, 1.82) is 0 Å². The fraction of sp³-hybridized carbons (Fsp3) is 0.971. The minimum absolute atomic E-state index is 0.0130. The minimum atomic E-state index is -4.52. The molecule has 0 heterocycles. The molecule has 0 aromatic carbocycles. The number of nitrogens with zero attached hydrogens (tertiary/aromatic N) is 1. The predicted molar refractivity (Wildman–Crippen MR) is 178 cm³/mol. The van der Waals surface area contributed by atoms with E-state index in [2.05, 4.69) is 12.2 Å². The topological polar surface area (TPSA) is 108 Å². The summed E-state index contributed by atoms with van der Waals surface area (Å²) in [5, 5.41) is 13.5. The molecular formula is C34H71N2O6P. The number of phosphoric acid groups is 1. The molecule has 258 valence electrons. The molecule has 1 amide bonds. The van der Waals surface area contributed by atoms with Crippen molar-refractivity contribution >= 4 is 13.7 Å². The highest BCUT2D eigenvalue weighted by Crippen LogP contribution is 2.38. The van der Waals surface area contributed by atoms with Crippen molar-refractivity contribution in [1.82, 2.24) is 5.32 Å². The molecule has 0 saturated carbocycles. The molecule has 0 bridgehead atoms. The van der Waals surface area contributed by atoms with Crippen molar-refractivity contribution < 1.29 is 32.9 Å².